The van der Waals surface area contributed by atoms with Gasteiger partial charge in [-0.3, -0.25) is 4.68 Å². The van der Waals surface area contributed by atoms with Crippen molar-refractivity contribution in [3.05, 3.63) is 16.4 Å². The molecular formula is C7H10Br2N2. The van der Waals surface area contributed by atoms with Gasteiger partial charge in [0.25, 0.3) is 0 Å². The highest BCUT2D eigenvalue weighted by atomic mass is 79.9. The summed E-state index contributed by atoms with van der Waals surface area (Å²) in [5, 5.41) is 5.17. The van der Waals surface area contributed by atoms with Crippen LogP contribution in [0.1, 0.15) is 12.1 Å². The molecule has 62 valence electrons. The fourth-order valence-electron chi connectivity index (χ4n) is 0.952. The van der Waals surface area contributed by atoms with Gasteiger partial charge in [-0.2, -0.15) is 5.10 Å². The molecule has 0 saturated heterocycles. The topological polar surface area (TPSA) is 17.8 Å². The number of hydrogen-bond acceptors (Lipinski definition) is 1. The number of aromatic nitrogens is 2. The van der Waals surface area contributed by atoms with E-state index in [0.717, 1.165) is 22.6 Å². The maximum absolute atomic E-state index is 4.12. The van der Waals surface area contributed by atoms with Crippen LogP contribution in [0.2, 0.25) is 0 Å². The molecule has 0 aromatic carbocycles. The van der Waals surface area contributed by atoms with Crippen molar-refractivity contribution < 1.29 is 0 Å². The maximum atomic E-state index is 4.12. The number of aryl methyl sites for hydroxylation is 1. The minimum atomic E-state index is 1.05. The monoisotopic (exact) mass is 280 g/mol. The van der Waals surface area contributed by atoms with E-state index in [9.17, 15) is 0 Å². The zero-order valence-corrected chi connectivity index (χ0v) is 9.52. The molecule has 0 aliphatic carbocycles. The van der Waals surface area contributed by atoms with E-state index in [4.69, 9.17) is 0 Å². The lowest BCUT2D eigenvalue weighted by atomic mass is 10.2. The average Bonchev–Trinajstić information content (AvgIpc) is 2.29. The van der Waals surface area contributed by atoms with Gasteiger partial charge in [0.05, 0.1) is 16.4 Å². The van der Waals surface area contributed by atoms with E-state index in [0.29, 0.717) is 0 Å². The van der Waals surface area contributed by atoms with Gasteiger partial charge in [0.15, 0.2) is 0 Å². The van der Waals surface area contributed by atoms with E-state index in [1.54, 1.807) is 0 Å². The van der Waals surface area contributed by atoms with E-state index in [1.165, 1.54) is 5.69 Å². The van der Waals surface area contributed by atoms with Crippen molar-refractivity contribution in [3.8, 4) is 0 Å². The lowest BCUT2D eigenvalue weighted by Crippen LogP contribution is -1.98. The van der Waals surface area contributed by atoms with Crippen molar-refractivity contribution in [1.29, 1.82) is 0 Å². The second-order valence-electron chi connectivity index (χ2n) is 2.36. The van der Waals surface area contributed by atoms with E-state index >= 15 is 0 Å². The van der Waals surface area contributed by atoms with Crippen LogP contribution in [0.4, 0.5) is 0 Å². The lowest BCUT2D eigenvalue weighted by Gasteiger charge is -1.99. The highest BCUT2D eigenvalue weighted by Crippen LogP contribution is 2.16. The summed E-state index contributed by atoms with van der Waals surface area (Å²) in [5.74, 6) is 0. The molecule has 1 aromatic heterocycles. The molecule has 0 N–H and O–H groups in total. The molecule has 0 aliphatic rings. The Labute approximate surface area is 83.2 Å². The molecule has 0 amide bonds. The Morgan fingerprint density at radius 2 is 2.36 bits per heavy atom. The zero-order valence-electron chi connectivity index (χ0n) is 6.35. The molecule has 0 fully saturated rings. The van der Waals surface area contributed by atoms with Crippen LogP contribution >= 0.6 is 31.9 Å². The van der Waals surface area contributed by atoms with Gasteiger partial charge in [-0.25, -0.2) is 0 Å². The van der Waals surface area contributed by atoms with Crippen molar-refractivity contribution in [3.63, 3.8) is 0 Å². The van der Waals surface area contributed by atoms with Crippen LogP contribution in [0.3, 0.4) is 0 Å². The Morgan fingerprint density at radius 1 is 1.64 bits per heavy atom. The van der Waals surface area contributed by atoms with Crippen LogP contribution in [0.25, 0.3) is 0 Å². The summed E-state index contributed by atoms with van der Waals surface area (Å²) in [6.07, 6.45) is 4.06. The molecule has 0 aliphatic heterocycles. The Balaban J connectivity index is 2.67. The van der Waals surface area contributed by atoms with Crippen molar-refractivity contribution in [1.82, 2.24) is 9.78 Å². The highest BCUT2D eigenvalue weighted by molar-refractivity contribution is 9.10. The van der Waals surface area contributed by atoms with Gasteiger partial charge in [0.1, 0.15) is 0 Å². The van der Waals surface area contributed by atoms with Crippen LogP contribution in [-0.4, -0.2) is 15.1 Å². The first-order valence-corrected chi connectivity index (χ1v) is 5.39. The second-order valence-corrected chi connectivity index (χ2v) is 4.00. The molecular weight excluding hydrogens is 272 g/mol. The van der Waals surface area contributed by atoms with Crippen LogP contribution in [0, 0.1) is 0 Å². The number of rotatable bonds is 3. The summed E-state index contributed by atoms with van der Waals surface area (Å²) in [7, 11) is 1.97. The van der Waals surface area contributed by atoms with Gasteiger partial charge in [-0.05, 0) is 28.8 Å². The van der Waals surface area contributed by atoms with E-state index in [2.05, 4.69) is 37.0 Å². The number of halogens is 2. The predicted molar refractivity (Wildman–Crippen MR) is 53.0 cm³/mol. The van der Waals surface area contributed by atoms with Crippen molar-refractivity contribution in [2.75, 3.05) is 5.33 Å². The largest absolute Gasteiger partial charge is 0.271 e. The number of hydrogen-bond donors (Lipinski definition) is 0. The Bertz CT molecular complexity index is 213. The van der Waals surface area contributed by atoms with Crippen LogP contribution in [0.5, 0.6) is 0 Å². The van der Waals surface area contributed by atoms with Crippen molar-refractivity contribution in [2.45, 2.75) is 12.8 Å². The van der Waals surface area contributed by atoms with Gasteiger partial charge in [0, 0.05) is 12.4 Å². The molecule has 0 spiro atoms. The number of alkyl halides is 1. The minimum Gasteiger partial charge on any atom is -0.271 e. The van der Waals surface area contributed by atoms with E-state index in [1.807, 2.05) is 17.9 Å². The minimum absolute atomic E-state index is 1.05. The lowest BCUT2D eigenvalue weighted by molar-refractivity contribution is 0.699. The molecule has 1 aromatic rings. The first-order valence-electron chi connectivity index (χ1n) is 3.48. The molecule has 11 heavy (non-hydrogen) atoms. The van der Waals surface area contributed by atoms with Crippen molar-refractivity contribution >= 4 is 31.9 Å². The second kappa shape index (κ2) is 4.26. The van der Waals surface area contributed by atoms with Crippen LogP contribution < -0.4 is 0 Å². The van der Waals surface area contributed by atoms with Crippen molar-refractivity contribution in [2.24, 2.45) is 7.05 Å². The SMILES string of the molecule is Cn1ncc(Br)c1CCCBr. The normalized spacial score (nSPS) is 10.5. The first kappa shape index (κ1) is 9.26. The van der Waals surface area contributed by atoms with E-state index in [-0.39, 0.29) is 0 Å². The van der Waals surface area contributed by atoms with Crippen LogP contribution in [0.15, 0.2) is 10.7 Å². The molecule has 0 unspecified atom stereocenters. The van der Waals surface area contributed by atoms with Gasteiger partial charge >= 0.3 is 0 Å². The fourth-order valence-corrected chi connectivity index (χ4v) is 1.78. The quantitative estimate of drug-likeness (QED) is 0.779. The van der Waals surface area contributed by atoms with Gasteiger partial charge in [-0.1, -0.05) is 15.9 Å². The van der Waals surface area contributed by atoms with Crippen LogP contribution in [-0.2, 0) is 13.5 Å². The Kier molecular flexibility index (Phi) is 3.59. The Morgan fingerprint density at radius 3 is 2.82 bits per heavy atom. The summed E-state index contributed by atoms with van der Waals surface area (Å²) < 4.78 is 3.02. The molecule has 1 heterocycles. The summed E-state index contributed by atoms with van der Waals surface area (Å²) in [5.41, 5.74) is 1.27. The molecule has 0 saturated carbocycles. The molecule has 4 heteroatoms. The average molecular weight is 282 g/mol. The molecule has 2 nitrogen and oxygen atoms in total. The third-order valence-corrected chi connectivity index (χ3v) is 2.78. The number of nitrogens with zero attached hydrogens (tertiary/aromatic N) is 2. The third-order valence-electron chi connectivity index (χ3n) is 1.56. The Hall–Kier alpha value is 0.170. The van der Waals surface area contributed by atoms with Gasteiger partial charge in [-0.15, -0.1) is 0 Å². The first-order chi connectivity index (χ1) is 5.25. The van der Waals surface area contributed by atoms with E-state index < -0.39 is 0 Å². The maximum Gasteiger partial charge on any atom is 0.0635 e. The molecule has 1 rings (SSSR count). The summed E-state index contributed by atoms with van der Waals surface area (Å²) in [6, 6.07) is 0. The predicted octanol–water partition coefficient (Wildman–Crippen LogP) is 2.51. The standard InChI is InChI=1S/C7H10Br2N2/c1-11-7(3-2-4-8)6(9)5-10-11/h5H,2-4H2,1H3. The highest BCUT2D eigenvalue weighted by Gasteiger charge is 2.03. The molecule has 0 atom stereocenters. The third kappa shape index (κ3) is 2.30. The molecule has 0 radical (unpaired) electrons. The van der Waals surface area contributed by atoms with Gasteiger partial charge in [0.2, 0.25) is 0 Å². The smallest absolute Gasteiger partial charge is 0.0635 e. The van der Waals surface area contributed by atoms with Gasteiger partial charge < -0.3 is 0 Å². The molecule has 0 bridgehead atoms. The summed E-state index contributed by atoms with van der Waals surface area (Å²) in [4.78, 5) is 0. The summed E-state index contributed by atoms with van der Waals surface area (Å²) >= 11 is 6.85. The zero-order chi connectivity index (χ0) is 8.27. The fraction of sp³-hybridized carbons (Fsp3) is 0.571. The summed E-state index contributed by atoms with van der Waals surface area (Å²) in [6.45, 7) is 0.